The van der Waals surface area contributed by atoms with Gasteiger partial charge in [-0.05, 0) is 37.1 Å². The lowest BCUT2D eigenvalue weighted by atomic mass is 10.00. The third kappa shape index (κ3) is 3.63. The highest BCUT2D eigenvalue weighted by Crippen LogP contribution is 2.26. The number of phenols is 1. The molecule has 3 N–H and O–H groups in total. The lowest BCUT2D eigenvalue weighted by molar-refractivity contribution is -0.160. The molecule has 0 spiro atoms. The Balaban J connectivity index is 1.86. The molecule has 0 aliphatic carbocycles. The first-order chi connectivity index (χ1) is 9.36. The van der Waals surface area contributed by atoms with Crippen LogP contribution < -0.4 is 10.6 Å². The molecule has 0 saturated carbocycles. The molecule has 2 atom stereocenters. The Morgan fingerprint density at radius 2 is 1.90 bits per heavy atom. The topological polar surface area (TPSA) is 61.4 Å². The number of nitrogens with one attached hydrogen (secondary N) is 2. The quantitative estimate of drug-likeness (QED) is 0.777. The van der Waals surface area contributed by atoms with Crippen LogP contribution in [0.4, 0.5) is 13.2 Å². The average molecular weight is 288 g/mol. The molecule has 0 radical (unpaired) electrons. The molecule has 1 saturated heterocycles. The first-order valence-corrected chi connectivity index (χ1v) is 6.26. The lowest BCUT2D eigenvalue weighted by Crippen LogP contribution is -2.54. The Morgan fingerprint density at radius 3 is 2.40 bits per heavy atom. The molecule has 1 aromatic carbocycles. The third-order valence-electron chi connectivity index (χ3n) is 3.27. The maximum absolute atomic E-state index is 12.5. The largest absolute Gasteiger partial charge is 0.508 e. The zero-order valence-corrected chi connectivity index (χ0v) is 10.6. The molecule has 4 nitrogen and oxygen atoms in total. The van der Waals surface area contributed by atoms with Crippen molar-refractivity contribution in [2.75, 3.05) is 6.54 Å². The van der Waals surface area contributed by atoms with E-state index < -0.39 is 12.2 Å². The number of rotatable bonds is 2. The number of carbonyl (C=O) groups excluding carboxylic acids is 1. The van der Waals surface area contributed by atoms with E-state index in [4.69, 9.17) is 5.11 Å². The van der Waals surface area contributed by atoms with Crippen LogP contribution in [0.5, 0.6) is 5.75 Å². The number of piperidine rings is 1. The molecule has 20 heavy (non-hydrogen) atoms. The van der Waals surface area contributed by atoms with E-state index in [1.165, 1.54) is 24.3 Å². The second-order valence-electron chi connectivity index (χ2n) is 4.80. The minimum Gasteiger partial charge on any atom is -0.508 e. The minimum atomic E-state index is -4.24. The fraction of sp³-hybridized carbons (Fsp3) is 0.462. The van der Waals surface area contributed by atoms with Gasteiger partial charge in [0.1, 0.15) is 11.8 Å². The zero-order valence-electron chi connectivity index (χ0n) is 10.6. The van der Waals surface area contributed by atoms with Crippen molar-refractivity contribution in [1.82, 2.24) is 10.6 Å². The van der Waals surface area contributed by atoms with E-state index >= 15 is 0 Å². The van der Waals surface area contributed by atoms with Crippen molar-refractivity contribution in [3.05, 3.63) is 29.8 Å². The van der Waals surface area contributed by atoms with Crippen molar-refractivity contribution in [3.63, 3.8) is 0 Å². The summed E-state index contributed by atoms with van der Waals surface area (Å²) >= 11 is 0. The van der Waals surface area contributed by atoms with Crippen molar-refractivity contribution in [2.45, 2.75) is 31.1 Å². The molecule has 1 aliphatic rings. The number of benzene rings is 1. The molecule has 7 heteroatoms. The number of hydrogen-bond acceptors (Lipinski definition) is 3. The predicted molar refractivity (Wildman–Crippen MR) is 66.4 cm³/mol. The van der Waals surface area contributed by atoms with Gasteiger partial charge in [0.15, 0.2) is 0 Å². The van der Waals surface area contributed by atoms with Crippen LogP contribution in [0.2, 0.25) is 0 Å². The monoisotopic (exact) mass is 288 g/mol. The number of halogens is 3. The molecule has 110 valence electrons. The van der Waals surface area contributed by atoms with Crippen LogP contribution in [0.1, 0.15) is 23.2 Å². The van der Waals surface area contributed by atoms with Gasteiger partial charge in [0.25, 0.3) is 5.91 Å². The Morgan fingerprint density at radius 1 is 1.25 bits per heavy atom. The van der Waals surface area contributed by atoms with E-state index in [9.17, 15) is 18.0 Å². The molecule has 1 aliphatic heterocycles. The smallest absolute Gasteiger partial charge is 0.403 e. The van der Waals surface area contributed by atoms with E-state index in [1.807, 2.05) is 0 Å². The van der Waals surface area contributed by atoms with E-state index in [0.29, 0.717) is 5.56 Å². The predicted octanol–water partition coefficient (Wildman–Crippen LogP) is 1.80. The van der Waals surface area contributed by atoms with Crippen molar-refractivity contribution in [1.29, 1.82) is 0 Å². The molecule has 0 bridgehead atoms. The number of aromatic hydroxyl groups is 1. The minimum absolute atomic E-state index is 0.0499. The Labute approximate surface area is 114 Å². The summed E-state index contributed by atoms with van der Waals surface area (Å²) in [5.41, 5.74) is 0.362. The van der Waals surface area contributed by atoms with E-state index in [1.54, 1.807) is 0 Å². The summed E-state index contributed by atoms with van der Waals surface area (Å²) in [4.78, 5) is 11.9. The summed E-state index contributed by atoms with van der Waals surface area (Å²) in [6.07, 6.45) is -4.02. The van der Waals surface area contributed by atoms with Gasteiger partial charge in [0.05, 0.1) is 0 Å². The fourth-order valence-corrected chi connectivity index (χ4v) is 2.14. The summed E-state index contributed by atoms with van der Waals surface area (Å²) in [5.74, 6) is -0.309. The number of alkyl halides is 3. The van der Waals surface area contributed by atoms with Gasteiger partial charge in [-0.15, -0.1) is 0 Å². The first-order valence-electron chi connectivity index (χ1n) is 6.26. The molecule has 1 aromatic rings. The summed E-state index contributed by atoms with van der Waals surface area (Å²) in [5, 5.41) is 14.2. The Bertz CT molecular complexity index is 465. The molecule has 1 heterocycles. The van der Waals surface area contributed by atoms with Gasteiger partial charge in [0, 0.05) is 18.2 Å². The van der Waals surface area contributed by atoms with Crippen LogP contribution in [-0.2, 0) is 0 Å². The molecule has 2 rings (SSSR count). The van der Waals surface area contributed by atoms with Crippen LogP contribution in [0, 0.1) is 0 Å². The van der Waals surface area contributed by atoms with Crippen LogP contribution in [-0.4, -0.2) is 35.8 Å². The zero-order chi connectivity index (χ0) is 14.8. The van der Waals surface area contributed by atoms with Crippen LogP contribution in [0.15, 0.2) is 24.3 Å². The normalized spacial score (nSPS) is 23.4. The lowest BCUT2D eigenvalue weighted by Gasteiger charge is -2.31. The maximum Gasteiger partial charge on any atom is 0.403 e. The van der Waals surface area contributed by atoms with Gasteiger partial charge in [-0.2, -0.15) is 13.2 Å². The SMILES string of the molecule is O=C(NC1CCC(C(F)(F)F)NC1)c1ccc(O)cc1. The van der Waals surface area contributed by atoms with Crippen LogP contribution >= 0.6 is 0 Å². The summed E-state index contributed by atoms with van der Waals surface area (Å²) in [7, 11) is 0. The van der Waals surface area contributed by atoms with Crippen molar-refractivity contribution in [2.24, 2.45) is 0 Å². The first kappa shape index (κ1) is 14.6. The number of carbonyl (C=O) groups is 1. The standard InChI is InChI=1S/C13H15F3N2O2/c14-13(15,16)11-6-3-9(7-17-11)18-12(20)8-1-4-10(19)5-2-8/h1-2,4-5,9,11,17,19H,3,6-7H2,(H,18,20). The molecule has 2 unspecified atom stereocenters. The molecule has 1 amide bonds. The van der Waals surface area contributed by atoms with E-state index in [2.05, 4.69) is 10.6 Å². The summed E-state index contributed by atoms with van der Waals surface area (Å²) in [6.45, 7) is 0.0913. The van der Waals surface area contributed by atoms with Gasteiger partial charge in [-0.25, -0.2) is 0 Å². The van der Waals surface area contributed by atoms with Crippen LogP contribution in [0.3, 0.4) is 0 Å². The maximum atomic E-state index is 12.5. The number of amides is 1. The molecular weight excluding hydrogens is 273 g/mol. The van der Waals surface area contributed by atoms with Crippen LogP contribution in [0.25, 0.3) is 0 Å². The fourth-order valence-electron chi connectivity index (χ4n) is 2.14. The highest BCUT2D eigenvalue weighted by atomic mass is 19.4. The average Bonchev–Trinajstić information content (AvgIpc) is 2.39. The molecular formula is C13H15F3N2O2. The van der Waals surface area contributed by atoms with Gasteiger partial charge in [-0.3, -0.25) is 4.79 Å². The van der Waals surface area contributed by atoms with Gasteiger partial charge in [-0.1, -0.05) is 0 Å². The Kier molecular flexibility index (Phi) is 4.17. The van der Waals surface area contributed by atoms with Crippen molar-refractivity contribution < 1.29 is 23.1 Å². The summed E-state index contributed by atoms with van der Waals surface area (Å²) in [6, 6.07) is 3.86. The van der Waals surface area contributed by atoms with Gasteiger partial charge < -0.3 is 15.7 Å². The van der Waals surface area contributed by atoms with E-state index in [0.717, 1.165) is 0 Å². The van der Waals surface area contributed by atoms with Gasteiger partial charge >= 0.3 is 6.18 Å². The number of hydrogen-bond donors (Lipinski definition) is 3. The second kappa shape index (κ2) is 5.70. The third-order valence-corrected chi connectivity index (χ3v) is 3.27. The number of phenolic OH excluding ortho intramolecular Hbond substituents is 1. The van der Waals surface area contributed by atoms with Crippen molar-refractivity contribution in [3.8, 4) is 5.75 Å². The van der Waals surface area contributed by atoms with Gasteiger partial charge in [0.2, 0.25) is 0 Å². The van der Waals surface area contributed by atoms with E-state index in [-0.39, 0.29) is 37.1 Å². The van der Waals surface area contributed by atoms with Crippen molar-refractivity contribution >= 4 is 5.91 Å². The summed E-state index contributed by atoms with van der Waals surface area (Å²) < 4.78 is 37.4. The second-order valence-corrected chi connectivity index (χ2v) is 4.80. The Hall–Kier alpha value is -1.76. The highest BCUT2D eigenvalue weighted by Gasteiger charge is 2.41. The molecule has 0 aromatic heterocycles. The highest BCUT2D eigenvalue weighted by molar-refractivity contribution is 5.94. The molecule has 1 fully saturated rings.